The second kappa shape index (κ2) is 5.69. The highest BCUT2D eigenvalue weighted by atomic mass is 16.7. The number of imidazole rings is 1. The summed E-state index contributed by atoms with van der Waals surface area (Å²) in [7, 11) is 1.49. The van der Waals surface area contributed by atoms with Gasteiger partial charge in [-0.2, -0.15) is 0 Å². The van der Waals surface area contributed by atoms with Gasteiger partial charge in [0.05, 0.1) is 26.1 Å². The molecule has 2 aromatic heterocycles. The van der Waals surface area contributed by atoms with Crippen LogP contribution < -0.4 is 11.2 Å². The lowest BCUT2D eigenvalue weighted by Crippen LogP contribution is -2.39. The van der Waals surface area contributed by atoms with Crippen molar-refractivity contribution in [3.63, 3.8) is 0 Å². The molecule has 1 aliphatic rings. The van der Waals surface area contributed by atoms with E-state index in [0.717, 1.165) is 4.57 Å². The van der Waals surface area contributed by atoms with Gasteiger partial charge in [-0.05, 0) is 5.92 Å². The van der Waals surface area contributed by atoms with Gasteiger partial charge >= 0.3 is 5.69 Å². The molecular formula is C14H20N4O4. The molecule has 0 aromatic carbocycles. The van der Waals surface area contributed by atoms with Crippen molar-refractivity contribution in [2.24, 2.45) is 13.0 Å². The summed E-state index contributed by atoms with van der Waals surface area (Å²) in [4.78, 5) is 29.0. The van der Waals surface area contributed by atoms with E-state index in [0.29, 0.717) is 37.5 Å². The summed E-state index contributed by atoms with van der Waals surface area (Å²) >= 11 is 0. The maximum Gasteiger partial charge on any atom is 0.332 e. The Bertz CT molecular complexity index is 796. The minimum atomic E-state index is -0.382. The smallest absolute Gasteiger partial charge is 0.332 e. The SMILES string of the molecule is CC(C)Cn1c(=O)n(C)c(=O)c2c1ncn2CC1OCCO1. The summed E-state index contributed by atoms with van der Waals surface area (Å²) in [5.41, 5.74) is 0.127. The standard InChI is InChI=1S/C14H20N4O4/c1-9(2)6-18-12-11(13(19)16(3)14(18)20)17(8-15-12)7-10-21-4-5-22-10/h8-10H,4-7H2,1-3H3. The highest BCUT2D eigenvalue weighted by molar-refractivity contribution is 5.70. The van der Waals surface area contributed by atoms with Gasteiger partial charge in [0, 0.05) is 13.6 Å². The van der Waals surface area contributed by atoms with Crippen LogP contribution in [0.25, 0.3) is 11.2 Å². The molecule has 0 aliphatic carbocycles. The minimum absolute atomic E-state index is 0.269. The average Bonchev–Trinajstić information content (AvgIpc) is 3.11. The van der Waals surface area contributed by atoms with Crippen molar-refractivity contribution in [3.8, 4) is 0 Å². The van der Waals surface area contributed by atoms with E-state index in [1.807, 2.05) is 13.8 Å². The molecule has 8 heteroatoms. The third-order valence-corrected chi connectivity index (χ3v) is 3.68. The molecule has 0 bridgehead atoms. The van der Waals surface area contributed by atoms with Crippen molar-refractivity contribution in [2.45, 2.75) is 33.2 Å². The zero-order valence-electron chi connectivity index (χ0n) is 13.0. The summed E-state index contributed by atoms with van der Waals surface area (Å²) in [5.74, 6) is 0.269. The zero-order chi connectivity index (χ0) is 15.9. The molecule has 8 nitrogen and oxygen atoms in total. The molecule has 0 saturated carbocycles. The Labute approximate surface area is 126 Å². The highest BCUT2D eigenvalue weighted by Gasteiger charge is 2.21. The lowest BCUT2D eigenvalue weighted by Gasteiger charge is -2.13. The first-order valence-corrected chi connectivity index (χ1v) is 7.37. The summed E-state index contributed by atoms with van der Waals surface area (Å²) in [5, 5.41) is 0. The monoisotopic (exact) mass is 308 g/mol. The Balaban J connectivity index is 2.15. The van der Waals surface area contributed by atoms with E-state index in [1.54, 1.807) is 15.5 Å². The van der Waals surface area contributed by atoms with Gasteiger partial charge in [-0.3, -0.25) is 13.9 Å². The second-order valence-electron chi connectivity index (χ2n) is 5.89. The molecular weight excluding hydrogens is 288 g/mol. The molecule has 1 saturated heterocycles. The molecule has 22 heavy (non-hydrogen) atoms. The number of hydrogen-bond donors (Lipinski definition) is 0. The van der Waals surface area contributed by atoms with E-state index in [9.17, 15) is 9.59 Å². The largest absolute Gasteiger partial charge is 0.348 e. The fourth-order valence-corrected chi connectivity index (χ4v) is 2.65. The maximum absolute atomic E-state index is 12.4. The molecule has 2 aromatic rings. The average molecular weight is 308 g/mol. The molecule has 0 unspecified atom stereocenters. The van der Waals surface area contributed by atoms with Crippen molar-refractivity contribution in [1.82, 2.24) is 18.7 Å². The van der Waals surface area contributed by atoms with Crippen LogP contribution in [0.2, 0.25) is 0 Å². The second-order valence-corrected chi connectivity index (χ2v) is 5.89. The van der Waals surface area contributed by atoms with Crippen molar-refractivity contribution in [2.75, 3.05) is 13.2 Å². The van der Waals surface area contributed by atoms with Gasteiger partial charge < -0.3 is 14.0 Å². The Morgan fingerprint density at radius 2 is 2.00 bits per heavy atom. The van der Waals surface area contributed by atoms with Gasteiger partial charge in [-0.15, -0.1) is 0 Å². The van der Waals surface area contributed by atoms with Crippen LogP contribution in [0.3, 0.4) is 0 Å². The van der Waals surface area contributed by atoms with Crippen LogP contribution in [0.15, 0.2) is 15.9 Å². The van der Waals surface area contributed by atoms with Gasteiger partial charge in [0.2, 0.25) is 0 Å². The van der Waals surface area contributed by atoms with Crippen LogP contribution in [-0.2, 0) is 29.6 Å². The third kappa shape index (κ3) is 2.48. The topological polar surface area (TPSA) is 80.3 Å². The Morgan fingerprint density at radius 3 is 2.64 bits per heavy atom. The summed E-state index contributed by atoms with van der Waals surface area (Å²) in [6, 6.07) is 0. The Morgan fingerprint density at radius 1 is 1.32 bits per heavy atom. The maximum atomic E-state index is 12.4. The third-order valence-electron chi connectivity index (χ3n) is 3.68. The minimum Gasteiger partial charge on any atom is -0.348 e. The Hall–Kier alpha value is -1.93. The van der Waals surface area contributed by atoms with Gasteiger partial charge in [0.25, 0.3) is 5.56 Å². The van der Waals surface area contributed by atoms with Crippen LogP contribution in [0.1, 0.15) is 13.8 Å². The predicted molar refractivity (Wildman–Crippen MR) is 79.8 cm³/mol. The summed E-state index contributed by atoms with van der Waals surface area (Å²) < 4.78 is 15.2. The quantitative estimate of drug-likeness (QED) is 0.789. The number of fused-ring (bicyclic) bond motifs is 1. The fourth-order valence-electron chi connectivity index (χ4n) is 2.65. The molecule has 1 aliphatic heterocycles. The van der Waals surface area contributed by atoms with Crippen LogP contribution >= 0.6 is 0 Å². The molecule has 3 heterocycles. The first-order chi connectivity index (χ1) is 10.5. The summed E-state index contributed by atoms with van der Waals surface area (Å²) in [6.45, 7) is 6.02. The molecule has 3 rings (SSSR count). The van der Waals surface area contributed by atoms with Crippen molar-refractivity contribution < 1.29 is 9.47 Å². The van der Waals surface area contributed by atoms with E-state index in [-0.39, 0.29) is 23.5 Å². The molecule has 0 radical (unpaired) electrons. The molecule has 0 atom stereocenters. The first kappa shape index (κ1) is 15.0. The highest BCUT2D eigenvalue weighted by Crippen LogP contribution is 2.12. The van der Waals surface area contributed by atoms with Crippen LogP contribution in [0, 0.1) is 5.92 Å². The number of nitrogens with zero attached hydrogens (tertiary/aromatic N) is 4. The van der Waals surface area contributed by atoms with E-state index >= 15 is 0 Å². The molecule has 0 amide bonds. The summed E-state index contributed by atoms with van der Waals surface area (Å²) in [6.07, 6.45) is 1.18. The number of hydrogen-bond acceptors (Lipinski definition) is 5. The van der Waals surface area contributed by atoms with Crippen LogP contribution in [0.5, 0.6) is 0 Å². The predicted octanol–water partition coefficient (Wildman–Crippen LogP) is -0.0744. The lowest BCUT2D eigenvalue weighted by atomic mass is 10.2. The fraction of sp³-hybridized carbons (Fsp3) is 0.643. The van der Waals surface area contributed by atoms with E-state index < -0.39 is 0 Å². The lowest BCUT2D eigenvalue weighted by molar-refractivity contribution is -0.0518. The van der Waals surface area contributed by atoms with Crippen LogP contribution in [-0.4, -0.2) is 38.2 Å². The normalized spacial score (nSPS) is 16.2. The zero-order valence-corrected chi connectivity index (χ0v) is 13.0. The van der Waals surface area contributed by atoms with Crippen molar-refractivity contribution in [1.29, 1.82) is 0 Å². The van der Waals surface area contributed by atoms with E-state index in [2.05, 4.69) is 4.98 Å². The van der Waals surface area contributed by atoms with Gasteiger partial charge in [0.1, 0.15) is 0 Å². The van der Waals surface area contributed by atoms with Gasteiger partial charge in [-0.1, -0.05) is 13.8 Å². The molecule has 1 fully saturated rings. The molecule has 0 spiro atoms. The number of aromatic nitrogens is 4. The molecule has 120 valence electrons. The van der Waals surface area contributed by atoms with Crippen molar-refractivity contribution >= 4 is 11.2 Å². The van der Waals surface area contributed by atoms with Gasteiger partial charge in [-0.25, -0.2) is 9.78 Å². The first-order valence-electron chi connectivity index (χ1n) is 7.37. The van der Waals surface area contributed by atoms with E-state index in [4.69, 9.17) is 9.47 Å². The number of rotatable bonds is 4. The number of ether oxygens (including phenoxy) is 2. The Kier molecular flexibility index (Phi) is 3.88. The van der Waals surface area contributed by atoms with E-state index in [1.165, 1.54) is 7.05 Å². The van der Waals surface area contributed by atoms with Crippen LogP contribution in [0.4, 0.5) is 0 Å². The van der Waals surface area contributed by atoms with Gasteiger partial charge in [0.15, 0.2) is 17.5 Å². The molecule has 0 N–H and O–H groups in total. The van der Waals surface area contributed by atoms with Crippen molar-refractivity contribution in [3.05, 3.63) is 27.2 Å².